The lowest BCUT2D eigenvalue weighted by Gasteiger charge is -2.12. The Balaban J connectivity index is 1.42. The molecule has 0 spiro atoms. The molecule has 106 valence electrons. The third-order valence-corrected chi connectivity index (χ3v) is 4.47. The third kappa shape index (κ3) is 2.81. The smallest absolute Gasteiger partial charge is 0.269 e. The largest absolute Gasteiger partial charge is 0.356 e. The van der Waals surface area contributed by atoms with Gasteiger partial charge in [-0.15, -0.1) is 0 Å². The first-order chi connectivity index (χ1) is 9.63. The molecule has 0 saturated heterocycles. The molecule has 0 aromatic heterocycles. The first-order valence-electron chi connectivity index (χ1n) is 7.14. The SMILES string of the molecule is O=C(NCCc1ccc([N+](=O)[O-])cc1)C1CC2CC2C1. The van der Waals surface area contributed by atoms with E-state index in [0.717, 1.165) is 30.2 Å². The summed E-state index contributed by atoms with van der Waals surface area (Å²) < 4.78 is 0. The molecule has 5 heteroatoms. The molecular formula is C15H18N2O3. The monoisotopic (exact) mass is 274 g/mol. The minimum Gasteiger partial charge on any atom is -0.356 e. The Hall–Kier alpha value is -1.91. The number of nitrogens with zero attached hydrogens (tertiary/aromatic N) is 1. The molecule has 2 atom stereocenters. The van der Waals surface area contributed by atoms with Gasteiger partial charge >= 0.3 is 0 Å². The van der Waals surface area contributed by atoms with E-state index >= 15 is 0 Å². The number of nitro benzene ring substituents is 1. The summed E-state index contributed by atoms with van der Waals surface area (Å²) >= 11 is 0. The van der Waals surface area contributed by atoms with Gasteiger partial charge in [-0.25, -0.2) is 0 Å². The molecule has 0 aliphatic heterocycles. The summed E-state index contributed by atoms with van der Waals surface area (Å²) in [5, 5.41) is 13.5. The maximum atomic E-state index is 11.9. The first-order valence-corrected chi connectivity index (χ1v) is 7.14. The molecule has 2 unspecified atom stereocenters. The van der Waals surface area contributed by atoms with Crippen molar-refractivity contribution in [3.8, 4) is 0 Å². The third-order valence-electron chi connectivity index (χ3n) is 4.47. The predicted octanol–water partition coefficient (Wildman–Crippen LogP) is 2.30. The van der Waals surface area contributed by atoms with Crippen LogP contribution < -0.4 is 5.32 Å². The van der Waals surface area contributed by atoms with Crippen LogP contribution in [0.1, 0.15) is 24.8 Å². The average Bonchev–Trinajstić information content (AvgIpc) is 3.05. The van der Waals surface area contributed by atoms with E-state index in [0.29, 0.717) is 13.0 Å². The summed E-state index contributed by atoms with van der Waals surface area (Å²) in [5.74, 6) is 2.04. The second-order valence-corrected chi connectivity index (χ2v) is 5.89. The van der Waals surface area contributed by atoms with Crippen molar-refractivity contribution in [3.63, 3.8) is 0 Å². The summed E-state index contributed by atoms with van der Waals surface area (Å²) in [5.41, 5.74) is 1.10. The molecule has 2 fully saturated rings. The summed E-state index contributed by atoms with van der Waals surface area (Å²) in [6.45, 7) is 0.600. The fourth-order valence-electron chi connectivity index (χ4n) is 3.19. The zero-order valence-electron chi connectivity index (χ0n) is 11.2. The van der Waals surface area contributed by atoms with Crippen molar-refractivity contribution in [3.05, 3.63) is 39.9 Å². The zero-order valence-corrected chi connectivity index (χ0v) is 11.2. The highest BCUT2D eigenvalue weighted by Crippen LogP contribution is 2.54. The summed E-state index contributed by atoms with van der Waals surface area (Å²) in [4.78, 5) is 22.1. The molecule has 1 amide bonds. The van der Waals surface area contributed by atoms with Crippen LogP contribution in [0, 0.1) is 27.9 Å². The second kappa shape index (κ2) is 5.23. The number of rotatable bonds is 5. The molecule has 0 bridgehead atoms. The van der Waals surface area contributed by atoms with Crippen LogP contribution in [0.2, 0.25) is 0 Å². The number of nitrogens with one attached hydrogen (secondary N) is 1. The molecule has 3 rings (SSSR count). The molecule has 0 heterocycles. The van der Waals surface area contributed by atoms with Gasteiger partial charge in [-0.3, -0.25) is 14.9 Å². The van der Waals surface area contributed by atoms with Gasteiger partial charge in [0.2, 0.25) is 5.91 Å². The van der Waals surface area contributed by atoms with E-state index in [9.17, 15) is 14.9 Å². The molecule has 1 aromatic carbocycles. The highest BCUT2D eigenvalue weighted by molar-refractivity contribution is 5.79. The minimum absolute atomic E-state index is 0.1000. The topological polar surface area (TPSA) is 72.2 Å². The maximum Gasteiger partial charge on any atom is 0.269 e. The number of fused-ring (bicyclic) bond motifs is 1. The Labute approximate surface area is 117 Å². The summed E-state index contributed by atoms with van der Waals surface area (Å²) in [7, 11) is 0. The van der Waals surface area contributed by atoms with Crippen molar-refractivity contribution < 1.29 is 9.72 Å². The van der Waals surface area contributed by atoms with Crippen molar-refractivity contribution in [2.45, 2.75) is 25.7 Å². The lowest BCUT2D eigenvalue weighted by Crippen LogP contribution is -2.31. The Morgan fingerprint density at radius 3 is 2.45 bits per heavy atom. The number of carbonyl (C=O) groups excluding carboxylic acids is 1. The highest BCUT2D eigenvalue weighted by atomic mass is 16.6. The van der Waals surface area contributed by atoms with E-state index in [2.05, 4.69) is 5.32 Å². The molecular weight excluding hydrogens is 256 g/mol. The van der Waals surface area contributed by atoms with Crippen LogP contribution in [0.3, 0.4) is 0 Å². The number of amides is 1. The number of hydrogen-bond acceptors (Lipinski definition) is 3. The fraction of sp³-hybridized carbons (Fsp3) is 0.533. The molecule has 1 N–H and O–H groups in total. The number of benzene rings is 1. The van der Waals surface area contributed by atoms with Gasteiger partial charge in [0.25, 0.3) is 5.69 Å². The van der Waals surface area contributed by atoms with Crippen LogP contribution in [0.15, 0.2) is 24.3 Å². The van der Waals surface area contributed by atoms with Crippen molar-refractivity contribution >= 4 is 11.6 Å². The normalized spacial score (nSPS) is 26.9. The maximum absolute atomic E-state index is 11.9. The van der Waals surface area contributed by atoms with E-state index in [4.69, 9.17) is 0 Å². The molecule has 2 aliphatic carbocycles. The van der Waals surface area contributed by atoms with Crippen molar-refractivity contribution in [2.75, 3.05) is 6.54 Å². The quantitative estimate of drug-likeness (QED) is 0.661. The molecule has 2 saturated carbocycles. The van der Waals surface area contributed by atoms with Crippen LogP contribution >= 0.6 is 0 Å². The fourth-order valence-corrected chi connectivity index (χ4v) is 3.19. The van der Waals surface area contributed by atoms with Gasteiger partial charge < -0.3 is 5.32 Å². The van der Waals surface area contributed by atoms with E-state index in [-0.39, 0.29) is 17.5 Å². The van der Waals surface area contributed by atoms with Crippen molar-refractivity contribution in [1.29, 1.82) is 0 Å². The number of carbonyl (C=O) groups is 1. The van der Waals surface area contributed by atoms with Gasteiger partial charge in [0, 0.05) is 24.6 Å². The van der Waals surface area contributed by atoms with Crippen molar-refractivity contribution in [2.24, 2.45) is 17.8 Å². The van der Waals surface area contributed by atoms with Crippen LogP contribution in [-0.2, 0) is 11.2 Å². The lowest BCUT2D eigenvalue weighted by molar-refractivity contribution is -0.384. The van der Waals surface area contributed by atoms with Gasteiger partial charge in [0.15, 0.2) is 0 Å². The Morgan fingerprint density at radius 2 is 1.85 bits per heavy atom. The van der Waals surface area contributed by atoms with E-state index < -0.39 is 4.92 Å². The number of nitro groups is 1. The molecule has 0 radical (unpaired) electrons. The minimum atomic E-state index is -0.406. The first kappa shape index (κ1) is 13.1. The summed E-state index contributed by atoms with van der Waals surface area (Å²) in [6.07, 6.45) is 4.16. The van der Waals surface area contributed by atoms with Gasteiger partial charge in [0.1, 0.15) is 0 Å². The average molecular weight is 274 g/mol. The summed E-state index contributed by atoms with van der Waals surface area (Å²) in [6, 6.07) is 6.49. The van der Waals surface area contributed by atoms with Gasteiger partial charge in [-0.1, -0.05) is 12.1 Å². The van der Waals surface area contributed by atoms with E-state index in [1.807, 2.05) is 0 Å². The predicted molar refractivity (Wildman–Crippen MR) is 74.1 cm³/mol. The van der Waals surface area contributed by atoms with Gasteiger partial charge in [-0.2, -0.15) is 0 Å². The van der Waals surface area contributed by atoms with Crippen LogP contribution in [0.4, 0.5) is 5.69 Å². The molecule has 5 nitrogen and oxygen atoms in total. The van der Waals surface area contributed by atoms with Crippen LogP contribution in [0.5, 0.6) is 0 Å². The Bertz CT molecular complexity index is 516. The van der Waals surface area contributed by atoms with Gasteiger partial charge in [-0.05, 0) is 43.1 Å². The van der Waals surface area contributed by atoms with Crippen LogP contribution in [0.25, 0.3) is 0 Å². The molecule has 1 aromatic rings. The van der Waals surface area contributed by atoms with E-state index in [1.54, 1.807) is 12.1 Å². The molecule has 20 heavy (non-hydrogen) atoms. The number of non-ortho nitro benzene ring substituents is 1. The second-order valence-electron chi connectivity index (χ2n) is 5.89. The lowest BCUT2D eigenvalue weighted by atomic mass is 10.0. The Kier molecular flexibility index (Phi) is 3.42. The van der Waals surface area contributed by atoms with Crippen LogP contribution in [-0.4, -0.2) is 17.4 Å². The zero-order chi connectivity index (χ0) is 14.1. The standard InChI is InChI=1S/C15H18N2O3/c18-15(13-8-11-7-12(11)9-13)16-6-5-10-1-3-14(4-2-10)17(19)20/h1-4,11-13H,5-9H2,(H,16,18). The molecule has 2 aliphatic rings. The Morgan fingerprint density at radius 1 is 1.20 bits per heavy atom. The number of hydrogen-bond donors (Lipinski definition) is 1. The van der Waals surface area contributed by atoms with E-state index in [1.165, 1.54) is 18.6 Å². The highest BCUT2D eigenvalue weighted by Gasteiger charge is 2.47. The van der Waals surface area contributed by atoms with Gasteiger partial charge in [0.05, 0.1) is 4.92 Å². The van der Waals surface area contributed by atoms with Crippen molar-refractivity contribution in [1.82, 2.24) is 5.32 Å².